The number of nitrogens with zero attached hydrogens (tertiary/aromatic N) is 1. The Hall–Kier alpha value is -1.12. The van der Waals surface area contributed by atoms with Crippen molar-refractivity contribution in [3.8, 4) is 0 Å². The van der Waals surface area contributed by atoms with Gasteiger partial charge in [0.2, 0.25) is 10.0 Å². The van der Waals surface area contributed by atoms with Crippen LogP contribution in [-0.2, 0) is 20.9 Å². The van der Waals surface area contributed by atoms with Crippen molar-refractivity contribution in [1.82, 2.24) is 4.31 Å². The molecule has 0 saturated carbocycles. The predicted molar refractivity (Wildman–Crippen MR) is 65.6 cm³/mol. The van der Waals surface area contributed by atoms with Crippen LogP contribution in [0.3, 0.4) is 0 Å². The van der Waals surface area contributed by atoms with Crippen LogP contribution < -0.4 is 0 Å². The predicted octanol–water partition coefficient (Wildman–Crippen LogP) is 2.11. The summed E-state index contributed by atoms with van der Waals surface area (Å²) in [4.78, 5) is -0.137. The number of methoxy groups -OCH3 is 1. The monoisotopic (exact) mass is 309 g/mol. The first-order valence-electron chi connectivity index (χ1n) is 5.95. The van der Waals surface area contributed by atoms with Crippen LogP contribution in [0.5, 0.6) is 0 Å². The van der Waals surface area contributed by atoms with Crippen LogP contribution in [0.2, 0.25) is 0 Å². The molecule has 1 fully saturated rings. The Morgan fingerprint density at radius 3 is 2.30 bits per heavy atom. The zero-order chi connectivity index (χ0) is 15.0. The maximum atomic E-state index is 12.4. The first-order valence-corrected chi connectivity index (χ1v) is 7.39. The second kappa shape index (κ2) is 5.34. The van der Waals surface area contributed by atoms with Gasteiger partial charge in [-0.15, -0.1) is 0 Å². The molecule has 1 aliphatic rings. The Morgan fingerprint density at radius 2 is 1.85 bits per heavy atom. The number of hydrogen-bond acceptors (Lipinski definition) is 3. The largest absolute Gasteiger partial charge is 0.416 e. The van der Waals surface area contributed by atoms with E-state index in [4.69, 9.17) is 4.74 Å². The third kappa shape index (κ3) is 2.97. The molecule has 0 radical (unpaired) electrons. The molecule has 0 aliphatic carbocycles. The van der Waals surface area contributed by atoms with Gasteiger partial charge < -0.3 is 4.74 Å². The van der Waals surface area contributed by atoms with Crippen LogP contribution in [0, 0.1) is 0 Å². The molecule has 112 valence electrons. The highest BCUT2D eigenvalue weighted by atomic mass is 32.2. The zero-order valence-corrected chi connectivity index (χ0v) is 11.5. The Kier molecular flexibility index (Phi) is 4.08. The van der Waals surface area contributed by atoms with Crippen molar-refractivity contribution in [2.24, 2.45) is 0 Å². The molecule has 8 heteroatoms. The topological polar surface area (TPSA) is 46.6 Å². The lowest BCUT2D eigenvalue weighted by molar-refractivity contribution is -0.137. The van der Waals surface area contributed by atoms with Crippen LogP contribution in [0.25, 0.3) is 0 Å². The van der Waals surface area contributed by atoms with Crippen molar-refractivity contribution >= 4 is 10.0 Å². The first kappa shape index (κ1) is 15.3. The molecule has 0 bridgehead atoms. The molecule has 0 spiro atoms. The molecule has 1 unspecified atom stereocenters. The second-order valence-electron chi connectivity index (χ2n) is 4.53. The van der Waals surface area contributed by atoms with Crippen molar-refractivity contribution in [2.75, 3.05) is 20.2 Å². The van der Waals surface area contributed by atoms with Gasteiger partial charge in [0.05, 0.1) is 16.6 Å². The summed E-state index contributed by atoms with van der Waals surface area (Å²) >= 11 is 0. The first-order chi connectivity index (χ1) is 9.25. The lowest BCUT2D eigenvalue weighted by atomic mass is 10.2. The number of benzene rings is 1. The van der Waals surface area contributed by atoms with E-state index in [1.54, 1.807) is 0 Å². The minimum atomic E-state index is -4.48. The third-order valence-electron chi connectivity index (χ3n) is 3.26. The fourth-order valence-corrected chi connectivity index (χ4v) is 3.56. The van der Waals surface area contributed by atoms with Gasteiger partial charge in [-0.2, -0.15) is 17.5 Å². The number of hydrogen-bond donors (Lipinski definition) is 0. The standard InChI is InChI=1S/C12H14F3NO3S/c1-19-10-6-7-16(8-10)20(17,18)11-4-2-9(3-5-11)12(13,14)15/h2-5,10H,6-8H2,1H3. The molecule has 20 heavy (non-hydrogen) atoms. The van der Waals surface area contributed by atoms with Crippen molar-refractivity contribution in [2.45, 2.75) is 23.6 Å². The summed E-state index contributed by atoms with van der Waals surface area (Å²) < 4.78 is 68.1. The highest BCUT2D eigenvalue weighted by Gasteiger charge is 2.34. The van der Waals surface area contributed by atoms with Crippen molar-refractivity contribution in [3.63, 3.8) is 0 Å². The molecule has 4 nitrogen and oxygen atoms in total. The van der Waals surface area contributed by atoms with Crippen LogP contribution in [0.4, 0.5) is 13.2 Å². The fourth-order valence-electron chi connectivity index (χ4n) is 2.07. The van der Waals surface area contributed by atoms with Gasteiger partial charge in [0.25, 0.3) is 0 Å². The highest BCUT2D eigenvalue weighted by molar-refractivity contribution is 7.89. The number of rotatable bonds is 3. The van der Waals surface area contributed by atoms with Crippen molar-refractivity contribution in [1.29, 1.82) is 0 Å². The second-order valence-corrected chi connectivity index (χ2v) is 6.47. The number of alkyl halides is 3. The van der Waals surface area contributed by atoms with E-state index >= 15 is 0 Å². The molecule has 1 saturated heterocycles. The molecule has 1 aromatic rings. The normalized spacial score (nSPS) is 21.3. The molecule has 0 aromatic heterocycles. The van der Waals surface area contributed by atoms with Crippen molar-refractivity contribution in [3.05, 3.63) is 29.8 Å². The molecule has 1 aromatic carbocycles. The van der Waals surface area contributed by atoms with Gasteiger partial charge in [-0.25, -0.2) is 8.42 Å². The Balaban J connectivity index is 2.23. The van der Waals surface area contributed by atoms with Crippen LogP contribution in [-0.4, -0.2) is 39.0 Å². The summed E-state index contributed by atoms with van der Waals surface area (Å²) in [6, 6.07) is 3.52. The molecule has 1 aliphatic heterocycles. The van der Waals surface area contributed by atoms with E-state index in [0.29, 0.717) is 13.0 Å². The van der Waals surface area contributed by atoms with Gasteiger partial charge in [-0.1, -0.05) is 0 Å². The van der Waals surface area contributed by atoms with E-state index in [9.17, 15) is 21.6 Å². The van der Waals surface area contributed by atoms with Gasteiger partial charge in [0.1, 0.15) is 0 Å². The van der Waals surface area contributed by atoms with E-state index in [-0.39, 0.29) is 17.5 Å². The van der Waals surface area contributed by atoms with Gasteiger partial charge >= 0.3 is 6.18 Å². The van der Waals surface area contributed by atoms with Crippen LogP contribution >= 0.6 is 0 Å². The van der Waals surface area contributed by atoms with Gasteiger partial charge in [-0.3, -0.25) is 0 Å². The van der Waals surface area contributed by atoms with Crippen molar-refractivity contribution < 1.29 is 26.3 Å². The SMILES string of the molecule is COC1CCN(S(=O)(=O)c2ccc(C(F)(F)F)cc2)C1. The summed E-state index contributed by atoms with van der Waals surface area (Å²) in [5.74, 6) is 0. The summed E-state index contributed by atoms with van der Waals surface area (Å²) in [6.45, 7) is 0.529. The minimum absolute atomic E-state index is 0.137. The number of halogens is 3. The number of ether oxygens (including phenoxy) is 1. The zero-order valence-electron chi connectivity index (χ0n) is 10.7. The Morgan fingerprint density at radius 1 is 1.25 bits per heavy atom. The van der Waals surface area contributed by atoms with E-state index in [1.165, 1.54) is 11.4 Å². The molecule has 0 amide bonds. The molecule has 2 rings (SSSR count). The number of sulfonamides is 1. The lowest BCUT2D eigenvalue weighted by Gasteiger charge is -2.16. The molecule has 1 atom stereocenters. The average Bonchev–Trinajstić information content (AvgIpc) is 2.87. The molecular weight excluding hydrogens is 295 g/mol. The van der Waals surface area contributed by atoms with Gasteiger partial charge in [-0.05, 0) is 30.7 Å². The minimum Gasteiger partial charge on any atom is -0.380 e. The van der Waals surface area contributed by atoms with E-state index < -0.39 is 21.8 Å². The molecule has 0 N–H and O–H groups in total. The maximum Gasteiger partial charge on any atom is 0.416 e. The summed E-state index contributed by atoms with van der Waals surface area (Å²) in [7, 11) is -2.26. The third-order valence-corrected chi connectivity index (χ3v) is 5.14. The van der Waals surface area contributed by atoms with E-state index in [1.807, 2.05) is 0 Å². The van der Waals surface area contributed by atoms with Gasteiger partial charge in [0, 0.05) is 20.2 Å². The fraction of sp³-hybridized carbons (Fsp3) is 0.500. The quantitative estimate of drug-likeness (QED) is 0.859. The van der Waals surface area contributed by atoms with Crippen LogP contribution in [0.1, 0.15) is 12.0 Å². The highest BCUT2D eigenvalue weighted by Crippen LogP contribution is 2.30. The molecular formula is C12H14F3NO3S. The summed E-state index contributed by atoms with van der Waals surface area (Å²) in [5, 5.41) is 0. The summed E-state index contributed by atoms with van der Waals surface area (Å²) in [5.41, 5.74) is -0.868. The van der Waals surface area contributed by atoms with Gasteiger partial charge in [0.15, 0.2) is 0 Å². The van der Waals surface area contributed by atoms with Crippen LogP contribution in [0.15, 0.2) is 29.2 Å². The Bertz CT molecular complexity index is 569. The summed E-state index contributed by atoms with van der Waals surface area (Å²) in [6.07, 6.45) is -4.06. The smallest absolute Gasteiger partial charge is 0.380 e. The van der Waals surface area contributed by atoms with E-state index in [0.717, 1.165) is 24.3 Å². The maximum absolute atomic E-state index is 12.4. The molecule has 1 heterocycles. The van der Waals surface area contributed by atoms with E-state index in [2.05, 4.69) is 0 Å². The lowest BCUT2D eigenvalue weighted by Crippen LogP contribution is -2.30. The average molecular weight is 309 g/mol. The Labute approximate surface area is 115 Å².